The van der Waals surface area contributed by atoms with Crippen molar-refractivity contribution in [2.24, 2.45) is 0 Å². The van der Waals surface area contributed by atoms with Crippen LogP contribution in [0.4, 0.5) is 4.39 Å². The molecule has 2 aliphatic heterocycles. The molecule has 4 rings (SSSR count). The van der Waals surface area contributed by atoms with Gasteiger partial charge in [0.1, 0.15) is 35.7 Å². The molecule has 0 spiro atoms. The Labute approximate surface area is 166 Å². The summed E-state index contributed by atoms with van der Waals surface area (Å²) in [4.78, 5) is 26.4. The van der Waals surface area contributed by atoms with Crippen LogP contribution in [0.3, 0.4) is 0 Å². The van der Waals surface area contributed by atoms with E-state index in [-0.39, 0.29) is 24.9 Å². The first-order valence-corrected chi connectivity index (χ1v) is 10.2. The van der Waals surface area contributed by atoms with E-state index in [2.05, 4.69) is 0 Å². The zero-order valence-corrected chi connectivity index (χ0v) is 16.0. The van der Waals surface area contributed by atoms with Gasteiger partial charge >= 0.3 is 5.97 Å². The number of rotatable bonds is 6. The van der Waals surface area contributed by atoms with E-state index in [0.717, 1.165) is 5.56 Å². The van der Waals surface area contributed by atoms with Gasteiger partial charge in [0.15, 0.2) is 0 Å². The Kier molecular flexibility index (Phi) is 5.26. The number of hydrogen-bond acceptors (Lipinski definition) is 5. The highest BCUT2D eigenvalue weighted by Gasteiger charge is 2.57. The highest BCUT2D eigenvalue weighted by atomic mass is 32.2. The topological polar surface area (TPSA) is 55.8 Å². The maximum absolute atomic E-state index is 12.9. The smallest absolute Gasteiger partial charge is 0.329 e. The first-order valence-electron chi connectivity index (χ1n) is 9.17. The maximum Gasteiger partial charge on any atom is 0.329 e. The van der Waals surface area contributed by atoms with E-state index in [1.54, 1.807) is 16.7 Å². The zero-order valence-electron chi connectivity index (χ0n) is 15.2. The van der Waals surface area contributed by atoms with Gasteiger partial charge in [-0.15, -0.1) is 11.8 Å². The van der Waals surface area contributed by atoms with E-state index in [4.69, 9.17) is 9.47 Å². The molecule has 2 aliphatic rings. The Morgan fingerprint density at radius 3 is 2.64 bits per heavy atom. The van der Waals surface area contributed by atoms with E-state index in [1.165, 1.54) is 24.3 Å². The van der Waals surface area contributed by atoms with Crippen molar-refractivity contribution in [3.63, 3.8) is 0 Å². The average molecular weight is 401 g/mol. The van der Waals surface area contributed by atoms with E-state index in [1.807, 2.05) is 30.3 Å². The van der Waals surface area contributed by atoms with Crippen LogP contribution >= 0.6 is 11.8 Å². The summed E-state index contributed by atoms with van der Waals surface area (Å²) in [6.45, 7) is 0.229. The van der Waals surface area contributed by atoms with Gasteiger partial charge in [0, 0.05) is 12.2 Å². The molecule has 0 N–H and O–H groups in total. The number of fused-ring (bicyclic) bond motifs is 1. The fourth-order valence-electron chi connectivity index (χ4n) is 3.74. The lowest BCUT2D eigenvalue weighted by Crippen LogP contribution is -2.46. The Morgan fingerprint density at radius 2 is 1.89 bits per heavy atom. The second-order valence-electron chi connectivity index (χ2n) is 6.71. The first kappa shape index (κ1) is 18.8. The standard InChI is InChI=1S/C21H20FNO4S/c22-16-6-8-17(9-7-16)26-12-13-27-20(25)18-14-28-21(11-10-19(24)23(18)21)15-4-2-1-3-5-15/h1-9,18H,10-14H2/t18-,21+/m1/s1. The Balaban J connectivity index is 1.37. The predicted molar refractivity (Wildman–Crippen MR) is 103 cm³/mol. The lowest BCUT2D eigenvalue weighted by Gasteiger charge is -2.33. The second kappa shape index (κ2) is 7.83. The van der Waals surface area contributed by atoms with E-state index >= 15 is 0 Å². The number of nitrogens with zero attached hydrogens (tertiary/aromatic N) is 1. The van der Waals surface area contributed by atoms with Gasteiger partial charge in [-0.3, -0.25) is 4.79 Å². The molecule has 2 aromatic rings. The molecule has 5 nitrogen and oxygen atoms in total. The molecule has 0 aliphatic carbocycles. The minimum Gasteiger partial charge on any atom is -0.490 e. The number of esters is 1. The van der Waals surface area contributed by atoms with Crippen molar-refractivity contribution in [3.8, 4) is 5.75 Å². The van der Waals surface area contributed by atoms with E-state index in [0.29, 0.717) is 24.3 Å². The summed E-state index contributed by atoms with van der Waals surface area (Å²) in [5, 5.41) is 0. The summed E-state index contributed by atoms with van der Waals surface area (Å²) in [5.74, 6) is 0.251. The van der Waals surface area contributed by atoms with Gasteiger partial charge in [0.05, 0.1) is 0 Å². The molecule has 0 unspecified atom stereocenters. The number of benzene rings is 2. The maximum atomic E-state index is 12.9. The van der Waals surface area contributed by atoms with Crippen LogP contribution in [-0.2, 0) is 19.2 Å². The Morgan fingerprint density at radius 1 is 1.14 bits per heavy atom. The second-order valence-corrected chi connectivity index (χ2v) is 8.01. The van der Waals surface area contributed by atoms with Crippen molar-refractivity contribution >= 4 is 23.6 Å². The molecule has 0 bridgehead atoms. The number of thioether (sulfide) groups is 1. The van der Waals surface area contributed by atoms with Crippen molar-refractivity contribution < 1.29 is 23.5 Å². The van der Waals surface area contributed by atoms with Gasteiger partial charge in [-0.25, -0.2) is 9.18 Å². The summed E-state index contributed by atoms with van der Waals surface area (Å²) >= 11 is 1.63. The lowest BCUT2D eigenvalue weighted by molar-refractivity contribution is -0.154. The van der Waals surface area contributed by atoms with Crippen LogP contribution in [0.2, 0.25) is 0 Å². The van der Waals surface area contributed by atoms with Crippen LogP contribution in [0.5, 0.6) is 5.75 Å². The van der Waals surface area contributed by atoms with E-state index < -0.39 is 16.9 Å². The van der Waals surface area contributed by atoms with Crippen LogP contribution in [0, 0.1) is 5.82 Å². The third-order valence-electron chi connectivity index (χ3n) is 5.03. The fourth-order valence-corrected chi connectivity index (χ4v) is 5.38. The molecule has 28 heavy (non-hydrogen) atoms. The third kappa shape index (κ3) is 3.46. The molecule has 0 saturated carbocycles. The fraction of sp³-hybridized carbons (Fsp3) is 0.333. The summed E-state index contributed by atoms with van der Waals surface area (Å²) in [6.07, 6.45) is 1.12. The molecule has 146 valence electrons. The Hall–Kier alpha value is -2.54. The molecular weight excluding hydrogens is 381 g/mol. The summed E-state index contributed by atoms with van der Waals surface area (Å²) in [5.41, 5.74) is 1.04. The SMILES string of the molecule is O=C(OCCOc1ccc(F)cc1)[C@H]1CS[C@]2(c3ccccc3)CCC(=O)N12. The molecule has 7 heteroatoms. The molecule has 2 saturated heterocycles. The first-order chi connectivity index (χ1) is 13.6. The van der Waals surface area contributed by atoms with Crippen LogP contribution in [0.15, 0.2) is 54.6 Å². The number of halogens is 1. The van der Waals surface area contributed by atoms with Gasteiger partial charge in [0.2, 0.25) is 5.91 Å². The molecule has 2 fully saturated rings. The minimum atomic E-state index is -0.592. The molecule has 2 aromatic carbocycles. The number of ether oxygens (including phenoxy) is 2. The molecule has 0 aromatic heterocycles. The predicted octanol–water partition coefficient (Wildman–Crippen LogP) is 3.34. The van der Waals surface area contributed by atoms with Gasteiger partial charge in [-0.1, -0.05) is 30.3 Å². The molecule has 2 heterocycles. The van der Waals surface area contributed by atoms with Gasteiger partial charge < -0.3 is 14.4 Å². The average Bonchev–Trinajstić information content (AvgIpc) is 3.26. The Bertz CT molecular complexity index is 860. The van der Waals surface area contributed by atoms with Gasteiger partial charge in [-0.05, 0) is 36.2 Å². The normalized spacial score (nSPS) is 23.5. The van der Waals surface area contributed by atoms with Crippen LogP contribution < -0.4 is 4.74 Å². The lowest BCUT2D eigenvalue weighted by atomic mass is 10.0. The minimum absolute atomic E-state index is 0.0154. The highest BCUT2D eigenvalue weighted by molar-refractivity contribution is 8.00. The number of amides is 1. The van der Waals surface area contributed by atoms with Crippen molar-refractivity contribution in [1.29, 1.82) is 0 Å². The summed E-state index contributed by atoms with van der Waals surface area (Å²) < 4.78 is 23.7. The molecular formula is C21H20FNO4S. The molecule has 2 atom stereocenters. The van der Waals surface area contributed by atoms with Gasteiger partial charge in [-0.2, -0.15) is 0 Å². The van der Waals surface area contributed by atoms with Gasteiger partial charge in [0.25, 0.3) is 0 Å². The number of carbonyl (C=O) groups is 2. The third-order valence-corrected chi connectivity index (χ3v) is 6.63. The monoisotopic (exact) mass is 401 g/mol. The van der Waals surface area contributed by atoms with Crippen molar-refractivity contribution in [1.82, 2.24) is 4.90 Å². The number of hydrogen-bond donors (Lipinski definition) is 0. The van der Waals surface area contributed by atoms with Crippen molar-refractivity contribution in [2.45, 2.75) is 23.8 Å². The highest BCUT2D eigenvalue weighted by Crippen LogP contribution is 2.54. The van der Waals surface area contributed by atoms with Crippen LogP contribution in [0.25, 0.3) is 0 Å². The summed E-state index contributed by atoms with van der Waals surface area (Å²) in [7, 11) is 0. The largest absolute Gasteiger partial charge is 0.490 e. The van der Waals surface area contributed by atoms with Crippen LogP contribution in [-0.4, -0.2) is 41.8 Å². The van der Waals surface area contributed by atoms with E-state index in [9.17, 15) is 14.0 Å². The number of carbonyl (C=O) groups excluding carboxylic acids is 2. The molecule has 1 amide bonds. The zero-order chi connectivity index (χ0) is 19.6. The summed E-state index contributed by atoms with van der Waals surface area (Å²) in [6, 6.07) is 14.9. The van der Waals surface area contributed by atoms with Crippen molar-refractivity contribution in [2.75, 3.05) is 19.0 Å². The molecule has 0 radical (unpaired) electrons. The quantitative estimate of drug-likeness (QED) is 0.549. The van der Waals surface area contributed by atoms with Crippen LogP contribution in [0.1, 0.15) is 18.4 Å². The van der Waals surface area contributed by atoms with Crippen molar-refractivity contribution in [3.05, 3.63) is 66.0 Å².